The second-order valence-electron chi connectivity index (χ2n) is 4.78. The summed E-state index contributed by atoms with van der Waals surface area (Å²) in [5.41, 5.74) is 0.998. The summed E-state index contributed by atoms with van der Waals surface area (Å²) in [4.78, 5) is 23.9. The van der Waals surface area contributed by atoms with Gasteiger partial charge in [-0.2, -0.15) is 5.26 Å². The first-order valence-corrected chi connectivity index (χ1v) is 6.80. The molecule has 0 saturated carbocycles. The van der Waals surface area contributed by atoms with E-state index in [9.17, 15) is 14.7 Å². The van der Waals surface area contributed by atoms with E-state index in [4.69, 9.17) is 10.00 Å². The van der Waals surface area contributed by atoms with Gasteiger partial charge in [-0.25, -0.2) is 4.79 Å². The molecule has 0 aliphatic rings. The number of hydrogen-bond donors (Lipinski definition) is 2. The van der Waals surface area contributed by atoms with Crippen LogP contribution in [0.5, 0.6) is 5.75 Å². The molecule has 0 saturated heterocycles. The van der Waals surface area contributed by atoms with E-state index in [1.165, 1.54) is 37.3 Å². The Kier molecular flexibility index (Phi) is 4.95. The summed E-state index contributed by atoms with van der Waals surface area (Å²) < 4.78 is 5.05. The van der Waals surface area contributed by atoms with Crippen molar-refractivity contribution in [1.29, 1.82) is 5.26 Å². The van der Waals surface area contributed by atoms with Gasteiger partial charge >= 0.3 is 5.97 Å². The predicted molar refractivity (Wildman–Crippen MR) is 82.8 cm³/mol. The smallest absolute Gasteiger partial charge is 0.339 e. The number of esters is 1. The summed E-state index contributed by atoms with van der Waals surface area (Å²) >= 11 is 0. The van der Waals surface area contributed by atoms with E-state index in [1.807, 2.05) is 6.07 Å². The SMILES string of the molecule is C[C@H](OC(=O)c1cccc(O)c1)C(=O)Nc1cccc(C#N)c1. The summed E-state index contributed by atoms with van der Waals surface area (Å²) in [6.07, 6.45) is -1.03. The lowest BCUT2D eigenvalue weighted by atomic mass is 10.2. The Morgan fingerprint density at radius 1 is 1.22 bits per heavy atom. The highest BCUT2D eigenvalue weighted by Gasteiger charge is 2.19. The number of nitriles is 1. The van der Waals surface area contributed by atoms with Gasteiger partial charge in [0, 0.05) is 5.69 Å². The molecular formula is C17H14N2O4. The first-order chi connectivity index (χ1) is 11.0. The van der Waals surface area contributed by atoms with E-state index < -0.39 is 18.0 Å². The van der Waals surface area contributed by atoms with Crippen molar-refractivity contribution in [2.75, 3.05) is 5.32 Å². The summed E-state index contributed by atoms with van der Waals surface area (Å²) in [7, 11) is 0. The van der Waals surface area contributed by atoms with Gasteiger partial charge in [0.15, 0.2) is 6.10 Å². The van der Waals surface area contributed by atoms with Gasteiger partial charge in [0.25, 0.3) is 5.91 Å². The zero-order valence-electron chi connectivity index (χ0n) is 12.3. The second-order valence-corrected chi connectivity index (χ2v) is 4.78. The molecule has 6 nitrogen and oxygen atoms in total. The highest BCUT2D eigenvalue weighted by atomic mass is 16.5. The van der Waals surface area contributed by atoms with Crippen LogP contribution in [0, 0.1) is 11.3 Å². The van der Waals surface area contributed by atoms with Gasteiger partial charge in [0.1, 0.15) is 5.75 Å². The molecule has 2 N–H and O–H groups in total. The van der Waals surface area contributed by atoms with Gasteiger partial charge in [-0.1, -0.05) is 12.1 Å². The van der Waals surface area contributed by atoms with Crippen LogP contribution in [0.4, 0.5) is 5.69 Å². The molecule has 0 aromatic heterocycles. The van der Waals surface area contributed by atoms with E-state index in [2.05, 4.69) is 5.32 Å². The highest BCUT2D eigenvalue weighted by Crippen LogP contribution is 2.14. The summed E-state index contributed by atoms with van der Waals surface area (Å²) in [6.45, 7) is 1.43. The van der Waals surface area contributed by atoms with Crippen LogP contribution < -0.4 is 5.32 Å². The zero-order chi connectivity index (χ0) is 16.8. The van der Waals surface area contributed by atoms with Crippen LogP contribution in [-0.4, -0.2) is 23.1 Å². The van der Waals surface area contributed by atoms with Crippen molar-refractivity contribution in [3.63, 3.8) is 0 Å². The fourth-order valence-electron chi connectivity index (χ4n) is 1.83. The number of anilines is 1. The number of ether oxygens (including phenoxy) is 1. The zero-order valence-corrected chi connectivity index (χ0v) is 12.3. The van der Waals surface area contributed by atoms with Crippen molar-refractivity contribution in [2.24, 2.45) is 0 Å². The topological polar surface area (TPSA) is 99.4 Å². The van der Waals surface area contributed by atoms with Gasteiger partial charge in [-0.05, 0) is 43.3 Å². The average molecular weight is 310 g/mol. The maximum Gasteiger partial charge on any atom is 0.339 e. The van der Waals surface area contributed by atoms with Crippen LogP contribution in [0.2, 0.25) is 0 Å². The van der Waals surface area contributed by atoms with Crippen molar-refractivity contribution in [3.8, 4) is 11.8 Å². The first kappa shape index (κ1) is 16.0. The van der Waals surface area contributed by atoms with Crippen molar-refractivity contribution < 1.29 is 19.4 Å². The number of amides is 1. The molecular weight excluding hydrogens is 296 g/mol. The lowest BCUT2D eigenvalue weighted by Gasteiger charge is -2.13. The van der Waals surface area contributed by atoms with E-state index >= 15 is 0 Å². The van der Waals surface area contributed by atoms with E-state index in [0.717, 1.165) is 0 Å². The summed E-state index contributed by atoms with van der Waals surface area (Å²) in [6, 6.07) is 14.0. The largest absolute Gasteiger partial charge is 0.508 e. The van der Waals surface area contributed by atoms with Crippen LogP contribution in [-0.2, 0) is 9.53 Å². The monoisotopic (exact) mass is 310 g/mol. The van der Waals surface area contributed by atoms with Crippen molar-refractivity contribution in [2.45, 2.75) is 13.0 Å². The molecule has 2 aromatic rings. The minimum absolute atomic E-state index is 0.0649. The van der Waals surface area contributed by atoms with Crippen LogP contribution >= 0.6 is 0 Å². The van der Waals surface area contributed by atoms with Gasteiger partial charge in [0.2, 0.25) is 0 Å². The van der Waals surface area contributed by atoms with Crippen molar-refractivity contribution in [1.82, 2.24) is 0 Å². The Labute approximate surface area is 132 Å². The molecule has 1 atom stereocenters. The molecule has 0 spiro atoms. The van der Waals surface area contributed by atoms with Crippen molar-refractivity contribution in [3.05, 3.63) is 59.7 Å². The normalized spacial score (nSPS) is 11.1. The molecule has 0 bridgehead atoms. The van der Waals surface area contributed by atoms with E-state index in [1.54, 1.807) is 18.2 Å². The lowest BCUT2D eigenvalue weighted by Crippen LogP contribution is -2.30. The molecule has 116 valence electrons. The number of carbonyl (C=O) groups is 2. The van der Waals surface area contributed by atoms with Crippen LogP contribution in [0.1, 0.15) is 22.8 Å². The van der Waals surface area contributed by atoms with Gasteiger partial charge in [0.05, 0.1) is 17.2 Å². The Hall–Kier alpha value is -3.33. The number of phenols is 1. The molecule has 0 fully saturated rings. The first-order valence-electron chi connectivity index (χ1n) is 6.80. The third-order valence-electron chi connectivity index (χ3n) is 2.99. The van der Waals surface area contributed by atoms with Gasteiger partial charge in [-0.15, -0.1) is 0 Å². The number of benzene rings is 2. The number of rotatable bonds is 4. The minimum atomic E-state index is -1.03. The second kappa shape index (κ2) is 7.09. The molecule has 23 heavy (non-hydrogen) atoms. The number of nitrogens with zero attached hydrogens (tertiary/aromatic N) is 1. The Morgan fingerprint density at radius 3 is 2.65 bits per heavy atom. The molecule has 2 aromatic carbocycles. The Morgan fingerprint density at radius 2 is 1.96 bits per heavy atom. The number of hydrogen-bond acceptors (Lipinski definition) is 5. The summed E-state index contributed by atoms with van der Waals surface area (Å²) in [5, 5.41) is 20.7. The number of aromatic hydroxyl groups is 1. The maximum atomic E-state index is 12.0. The standard InChI is InChI=1S/C17H14N2O4/c1-11(23-17(22)13-5-3-7-15(20)9-13)16(21)19-14-6-2-4-12(8-14)10-18/h2-9,11,20H,1H3,(H,19,21)/t11-/m0/s1. The van der Waals surface area contributed by atoms with Gasteiger partial charge < -0.3 is 15.2 Å². The molecule has 0 radical (unpaired) electrons. The molecule has 0 aliphatic heterocycles. The number of carbonyl (C=O) groups excluding carboxylic acids is 2. The van der Waals surface area contributed by atoms with E-state index in [-0.39, 0.29) is 11.3 Å². The van der Waals surface area contributed by atoms with E-state index in [0.29, 0.717) is 11.3 Å². The highest BCUT2D eigenvalue weighted by molar-refractivity contribution is 5.97. The average Bonchev–Trinajstić information content (AvgIpc) is 2.54. The fraction of sp³-hybridized carbons (Fsp3) is 0.118. The quantitative estimate of drug-likeness (QED) is 0.845. The molecule has 0 heterocycles. The lowest BCUT2D eigenvalue weighted by molar-refractivity contribution is -0.123. The van der Waals surface area contributed by atoms with Crippen LogP contribution in [0.3, 0.4) is 0 Å². The molecule has 0 aliphatic carbocycles. The third-order valence-corrected chi connectivity index (χ3v) is 2.99. The number of nitrogens with one attached hydrogen (secondary N) is 1. The minimum Gasteiger partial charge on any atom is -0.508 e. The number of phenolic OH excluding ortho intramolecular Hbond substituents is 1. The maximum absolute atomic E-state index is 12.0. The third kappa shape index (κ3) is 4.32. The molecule has 2 rings (SSSR count). The van der Waals surface area contributed by atoms with Crippen LogP contribution in [0.25, 0.3) is 0 Å². The van der Waals surface area contributed by atoms with Gasteiger partial charge in [-0.3, -0.25) is 4.79 Å². The summed E-state index contributed by atoms with van der Waals surface area (Å²) in [5.74, 6) is -1.30. The Balaban J connectivity index is 1.99. The Bertz CT molecular complexity index is 780. The van der Waals surface area contributed by atoms with Crippen LogP contribution in [0.15, 0.2) is 48.5 Å². The molecule has 0 unspecified atom stereocenters. The molecule has 6 heteroatoms. The molecule has 1 amide bonds. The predicted octanol–water partition coefficient (Wildman–Crippen LogP) is 2.45. The fourth-order valence-corrected chi connectivity index (χ4v) is 1.83. The van der Waals surface area contributed by atoms with Crippen molar-refractivity contribution >= 4 is 17.6 Å².